The highest BCUT2D eigenvalue weighted by Crippen LogP contribution is 2.39. The fourth-order valence-corrected chi connectivity index (χ4v) is 2.64. The van der Waals surface area contributed by atoms with E-state index in [1.807, 2.05) is 42.5 Å². The first-order valence-corrected chi connectivity index (χ1v) is 6.71. The zero-order valence-electron chi connectivity index (χ0n) is 10.7. The van der Waals surface area contributed by atoms with Gasteiger partial charge in [-0.25, -0.2) is 0 Å². The van der Waals surface area contributed by atoms with Gasteiger partial charge in [0, 0.05) is 21.9 Å². The van der Waals surface area contributed by atoms with E-state index in [0.717, 1.165) is 28.9 Å². The van der Waals surface area contributed by atoms with Crippen LogP contribution in [-0.4, -0.2) is 12.6 Å². The first-order valence-electron chi connectivity index (χ1n) is 6.33. The van der Waals surface area contributed by atoms with Gasteiger partial charge in [0.1, 0.15) is 11.9 Å². The maximum atomic E-state index is 8.39. The number of rotatable bonds is 3. The Morgan fingerprint density at radius 1 is 1.30 bits per heavy atom. The molecule has 1 atom stereocenters. The van der Waals surface area contributed by atoms with Crippen molar-refractivity contribution in [1.82, 2.24) is 0 Å². The van der Waals surface area contributed by atoms with Gasteiger partial charge < -0.3 is 4.74 Å². The van der Waals surface area contributed by atoms with Gasteiger partial charge in [-0.2, -0.15) is 0 Å². The molecule has 2 aromatic carbocycles. The second-order valence-electron chi connectivity index (χ2n) is 4.66. The Morgan fingerprint density at radius 3 is 2.95 bits per heavy atom. The molecule has 0 saturated heterocycles. The fourth-order valence-electron chi connectivity index (χ4n) is 2.45. The molecule has 0 radical (unpaired) electrons. The summed E-state index contributed by atoms with van der Waals surface area (Å²) in [5.74, 6) is 0.868. The smallest absolute Gasteiger partial charge is 0.130 e. The normalized spacial score (nSPS) is 16.1. The maximum absolute atomic E-state index is 8.39. The molecule has 1 unspecified atom stereocenters. The SMILES string of the molecule is [N-]=[N+]=NCC1Cc2cccc(-c3cccc(Cl)c3)c2O1. The Kier molecular flexibility index (Phi) is 3.50. The van der Waals surface area contributed by atoms with Crippen molar-refractivity contribution < 1.29 is 4.74 Å². The average Bonchev–Trinajstić information content (AvgIpc) is 2.87. The predicted molar refractivity (Wildman–Crippen MR) is 79.0 cm³/mol. The van der Waals surface area contributed by atoms with Gasteiger partial charge in [0.15, 0.2) is 0 Å². The van der Waals surface area contributed by atoms with Crippen molar-refractivity contribution in [2.24, 2.45) is 5.11 Å². The molecule has 0 amide bonds. The molecule has 0 aliphatic carbocycles. The lowest BCUT2D eigenvalue weighted by Gasteiger charge is -2.11. The van der Waals surface area contributed by atoms with Crippen molar-refractivity contribution in [3.63, 3.8) is 0 Å². The van der Waals surface area contributed by atoms with E-state index in [1.165, 1.54) is 0 Å². The molecular weight excluding hydrogens is 274 g/mol. The number of para-hydroxylation sites is 1. The number of hydrogen-bond donors (Lipinski definition) is 0. The molecular formula is C15H12ClN3O. The minimum atomic E-state index is -0.0822. The van der Waals surface area contributed by atoms with Crippen molar-refractivity contribution in [3.8, 4) is 16.9 Å². The third-order valence-corrected chi connectivity index (χ3v) is 3.55. The highest BCUT2D eigenvalue weighted by Gasteiger charge is 2.25. The highest BCUT2D eigenvalue weighted by molar-refractivity contribution is 6.30. The minimum Gasteiger partial charge on any atom is -0.489 e. The van der Waals surface area contributed by atoms with Crippen LogP contribution >= 0.6 is 11.6 Å². The predicted octanol–water partition coefficient (Wildman–Crippen LogP) is 4.62. The van der Waals surface area contributed by atoms with E-state index in [2.05, 4.69) is 10.0 Å². The Labute approximate surface area is 121 Å². The number of azide groups is 1. The van der Waals surface area contributed by atoms with E-state index in [-0.39, 0.29) is 6.10 Å². The summed E-state index contributed by atoms with van der Waals surface area (Å²) in [6, 6.07) is 13.8. The average molecular weight is 286 g/mol. The molecule has 5 heteroatoms. The number of fused-ring (bicyclic) bond motifs is 1. The molecule has 0 fully saturated rings. The van der Waals surface area contributed by atoms with Crippen LogP contribution in [0.1, 0.15) is 5.56 Å². The summed E-state index contributed by atoms with van der Waals surface area (Å²) in [5.41, 5.74) is 11.6. The van der Waals surface area contributed by atoms with Crippen LogP contribution in [0.25, 0.3) is 21.6 Å². The summed E-state index contributed by atoms with van der Waals surface area (Å²) in [5, 5.41) is 4.29. The van der Waals surface area contributed by atoms with Gasteiger partial charge in [-0.05, 0) is 28.8 Å². The number of ether oxygens (including phenoxy) is 1. The third kappa shape index (κ3) is 2.44. The largest absolute Gasteiger partial charge is 0.489 e. The van der Waals surface area contributed by atoms with Crippen molar-refractivity contribution in [3.05, 3.63) is 63.5 Å². The lowest BCUT2D eigenvalue weighted by molar-refractivity contribution is 0.242. The lowest BCUT2D eigenvalue weighted by Crippen LogP contribution is -2.16. The van der Waals surface area contributed by atoms with Crippen LogP contribution in [-0.2, 0) is 6.42 Å². The molecule has 0 spiro atoms. The minimum absolute atomic E-state index is 0.0822. The number of halogens is 1. The molecule has 20 heavy (non-hydrogen) atoms. The van der Waals surface area contributed by atoms with E-state index < -0.39 is 0 Å². The molecule has 4 nitrogen and oxygen atoms in total. The monoisotopic (exact) mass is 285 g/mol. The van der Waals surface area contributed by atoms with Gasteiger partial charge in [-0.3, -0.25) is 0 Å². The van der Waals surface area contributed by atoms with Crippen molar-refractivity contribution >= 4 is 11.6 Å². The van der Waals surface area contributed by atoms with E-state index in [9.17, 15) is 0 Å². The lowest BCUT2D eigenvalue weighted by atomic mass is 10.0. The standard InChI is InChI=1S/C15H12ClN3O/c16-12-5-1-3-10(7-12)14-6-2-4-11-8-13(9-18-19-17)20-15(11)14/h1-7,13H,8-9H2. The molecule has 0 bridgehead atoms. The summed E-state index contributed by atoms with van der Waals surface area (Å²) in [7, 11) is 0. The van der Waals surface area contributed by atoms with Gasteiger partial charge in [-0.15, -0.1) is 0 Å². The third-order valence-electron chi connectivity index (χ3n) is 3.31. The summed E-state index contributed by atoms with van der Waals surface area (Å²) >= 11 is 6.05. The zero-order chi connectivity index (χ0) is 13.9. The quantitative estimate of drug-likeness (QED) is 0.461. The summed E-state index contributed by atoms with van der Waals surface area (Å²) in [6.07, 6.45) is 0.684. The van der Waals surface area contributed by atoms with Crippen LogP contribution in [0, 0.1) is 0 Å². The number of nitrogens with zero attached hydrogens (tertiary/aromatic N) is 3. The summed E-state index contributed by atoms with van der Waals surface area (Å²) in [6.45, 7) is 0.347. The van der Waals surface area contributed by atoms with E-state index in [1.54, 1.807) is 0 Å². The van der Waals surface area contributed by atoms with Crippen molar-refractivity contribution in [2.75, 3.05) is 6.54 Å². The Balaban J connectivity index is 1.97. The second-order valence-corrected chi connectivity index (χ2v) is 5.10. The van der Waals surface area contributed by atoms with Gasteiger partial charge >= 0.3 is 0 Å². The number of hydrogen-bond acceptors (Lipinski definition) is 2. The Morgan fingerprint density at radius 2 is 2.15 bits per heavy atom. The molecule has 0 N–H and O–H groups in total. The van der Waals surface area contributed by atoms with Crippen LogP contribution < -0.4 is 4.74 Å². The first kappa shape index (κ1) is 12.9. The summed E-state index contributed by atoms with van der Waals surface area (Å²) in [4.78, 5) is 2.78. The topological polar surface area (TPSA) is 58.0 Å². The molecule has 100 valence electrons. The van der Waals surface area contributed by atoms with Crippen LogP contribution in [0.2, 0.25) is 5.02 Å². The van der Waals surface area contributed by atoms with Crippen molar-refractivity contribution in [1.29, 1.82) is 0 Å². The molecule has 3 rings (SSSR count). The van der Waals surface area contributed by atoms with E-state index in [0.29, 0.717) is 11.6 Å². The van der Waals surface area contributed by atoms with Crippen LogP contribution in [0.3, 0.4) is 0 Å². The summed E-state index contributed by atoms with van der Waals surface area (Å²) < 4.78 is 5.93. The van der Waals surface area contributed by atoms with Gasteiger partial charge in [0.25, 0.3) is 0 Å². The zero-order valence-corrected chi connectivity index (χ0v) is 11.4. The van der Waals surface area contributed by atoms with Crippen LogP contribution in [0.4, 0.5) is 0 Å². The fraction of sp³-hybridized carbons (Fsp3) is 0.200. The van der Waals surface area contributed by atoms with Crippen LogP contribution in [0.15, 0.2) is 47.6 Å². The molecule has 0 saturated carbocycles. The second kappa shape index (κ2) is 5.45. The first-order chi connectivity index (χ1) is 9.78. The molecule has 1 aliphatic rings. The van der Waals surface area contributed by atoms with Gasteiger partial charge in [-0.1, -0.05) is 47.0 Å². The highest BCUT2D eigenvalue weighted by atomic mass is 35.5. The molecule has 0 aromatic heterocycles. The van der Waals surface area contributed by atoms with E-state index in [4.69, 9.17) is 21.9 Å². The van der Waals surface area contributed by atoms with Gasteiger partial charge in [0.05, 0.1) is 6.54 Å². The van der Waals surface area contributed by atoms with Gasteiger partial charge in [0.2, 0.25) is 0 Å². The van der Waals surface area contributed by atoms with Crippen molar-refractivity contribution in [2.45, 2.75) is 12.5 Å². The molecule has 1 aliphatic heterocycles. The maximum Gasteiger partial charge on any atom is 0.130 e. The number of benzene rings is 2. The molecule has 1 heterocycles. The molecule has 2 aromatic rings. The van der Waals surface area contributed by atoms with E-state index >= 15 is 0 Å². The Hall–Kier alpha value is -2.16. The van der Waals surface area contributed by atoms with Crippen LogP contribution in [0.5, 0.6) is 5.75 Å². The Bertz CT molecular complexity index is 695.